The summed E-state index contributed by atoms with van der Waals surface area (Å²) in [6, 6.07) is 0. The second-order valence-corrected chi connectivity index (χ2v) is 8.57. The van der Waals surface area contributed by atoms with E-state index in [-0.39, 0.29) is 17.4 Å². The van der Waals surface area contributed by atoms with Crippen LogP contribution >= 0.6 is 0 Å². The minimum absolute atomic E-state index is 0.0485. The van der Waals surface area contributed by atoms with Crippen LogP contribution in [0.2, 0.25) is 0 Å². The molecule has 2 saturated carbocycles. The van der Waals surface area contributed by atoms with Crippen molar-refractivity contribution in [2.45, 2.75) is 71.3 Å². The van der Waals surface area contributed by atoms with Gasteiger partial charge in [-0.3, -0.25) is 0 Å². The van der Waals surface area contributed by atoms with E-state index in [2.05, 4.69) is 27.0 Å². The van der Waals surface area contributed by atoms with Crippen molar-refractivity contribution in [2.24, 2.45) is 22.7 Å². The number of fused-ring (bicyclic) bond motifs is 1. The van der Waals surface area contributed by atoms with Crippen molar-refractivity contribution in [1.29, 1.82) is 0 Å². The highest BCUT2D eigenvalue weighted by atomic mass is 16.3. The minimum Gasteiger partial charge on any atom is -0.396 e. The molecule has 2 heteroatoms. The summed E-state index contributed by atoms with van der Waals surface area (Å²) in [5.41, 5.74) is 0.814. The molecule has 0 aromatic rings. The predicted molar refractivity (Wildman–Crippen MR) is 92.6 cm³/mol. The first-order chi connectivity index (χ1) is 10.2. The maximum absolute atomic E-state index is 10.3. The predicted octanol–water partition coefficient (Wildman–Crippen LogP) is 4.47. The Morgan fingerprint density at radius 3 is 2.64 bits per heavy atom. The highest BCUT2D eigenvalue weighted by molar-refractivity contribution is 5.16. The number of aliphatic hydroxyl groups is 2. The minimum atomic E-state index is -0.793. The van der Waals surface area contributed by atoms with Crippen molar-refractivity contribution >= 4 is 0 Å². The number of hydrogen-bond donors (Lipinski definition) is 2. The van der Waals surface area contributed by atoms with Gasteiger partial charge in [-0.1, -0.05) is 38.5 Å². The molecule has 126 valence electrons. The summed E-state index contributed by atoms with van der Waals surface area (Å²) in [6.07, 6.45) is 9.10. The molecule has 2 nitrogen and oxygen atoms in total. The molecule has 0 radical (unpaired) electrons. The van der Waals surface area contributed by atoms with Gasteiger partial charge in [-0.2, -0.15) is 0 Å². The summed E-state index contributed by atoms with van der Waals surface area (Å²) in [5, 5.41) is 20.3. The molecule has 2 aliphatic carbocycles. The summed E-state index contributed by atoms with van der Waals surface area (Å²) in [4.78, 5) is 0. The average Bonchev–Trinajstić information content (AvgIpc) is 2.46. The fourth-order valence-electron chi connectivity index (χ4n) is 5.34. The van der Waals surface area contributed by atoms with Gasteiger partial charge in [0.15, 0.2) is 0 Å². The molecule has 0 bridgehead atoms. The van der Waals surface area contributed by atoms with E-state index < -0.39 is 5.60 Å². The van der Waals surface area contributed by atoms with E-state index in [1.807, 2.05) is 6.92 Å². The number of allylic oxidation sites excluding steroid dienone is 1. The Balaban J connectivity index is 2.24. The first-order valence-electron chi connectivity index (χ1n) is 8.83. The molecule has 0 saturated heterocycles. The highest BCUT2D eigenvalue weighted by Gasteiger charge is 2.54. The van der Waals surface area contributed by atoms with E-state index in [1.54, 1.807) is 6.08 Å². The highest BCUT2D eigenvalue weighted by Crippen LogP contribution is 2.61. The van der Waals surface area contributed by atoms with E-state index in [0.717, 1.165) is 32.1 Å². The smallest absolute Gasteiger partial charge is 0.0797 e. The zero-order valence-electron chi connectivity index (χ0n) is 14.7. The molecule has 2 rings (SSSR count). The molecular weight excluding hydrogens is 272 g/mol. The fraction of sp³-hybridized carbons (Fsp3) is 0.800. The van der Waals surface area contributed by atoms with Crippen molar-refractivity contribution in [3.05, 3.63) is 24.8 Å². The SMILES string of the molecule is C=C[C@](C)(O)CC[C@H]1C(=C)CC[C@@H]2[C@@](C)(CO)CCC[C@@]21C. The van der Waals surface area contributed by atoms with E-state index in [4.69, 9.17) is 0 Å². The molecule has 2 fully saturated rings. The molecule has 0 aliphatic heterocycles. The lowest BCUT2D eigenvalue weighted by atomic mass is 9.46. The molecule has 0 heterocycles. The third-order valence-corrected chi connectivity index (χ3v) is 6.88. The van der Waals surface area contributed by atoms with E-state index >= 15 is 0 Å². The number of aliphatic hydroxyl groups excluding tert-OH is 1. The standard InChI is InChI=1S/C20H34O2/c1-6-19(4,22)13-10-16-15(2)8-9-17-18(3,14-21)11-7-12-20(16,17)5/h6,16-17,21-22H,1-2,7-14H2,3-5H3/t16-,17+,18+,19-,20+/m0/s1. The Morgan fingerprint density at radius 1 is 1.36 bits per heavy atom. The van der Waals surface area contributed by atoms with Gasteiger partial charge in [-0.05, 0) is 68.1 Å². The Labute approximate surface area is 136 Å². The largest absolute Gasteiger partial charge is 0.396 e. The summed E-state index contributed by atoms with van der Waals surface area (Å²) in [6.45, 7) is 14.9. The van der Waals surface area contributed by atoms with Crippen molar-refractivity contribution < 1.29 is 10.2 Å². The zero-order valence-corrected chi connectivity index (χ0v) is 14.7. The molecule has 2 N–H and O–H groups in total. The second kappa shape index (κ2) is 6.13. The van der Waals surface area contributed by atoms with Crippen LogP contribution in [0.15, 0.2) is 24.8 Å². The van der Waals surface area contributed by atoms with Crippen LogP contribution in [0.25, 0.3) is 0 Å². The molecule has 0 aromatic heterocycles. The van der Waals surface area contributed by atoms with Gasteiger partial charge in [0, 0.05) is 6.61 Å². The first-order valence-corrected chi connectivity index (χ1v) is 8.83. The normalized spacial score (nSPS) is 41.6. The van der Waals surface area contributed by atoms with Crippen LogP contribution in [0, 0.1) is 22.7 Å². The van der Waals surface area contributed by atoms with E-state index in [0.29, 0.717) is 11.8 Å². The van der Waals surface area contributed by atoms with Crippen LogP contribution in [-0.4, -0.2) is 22.4 Å². The number of hydrogen-bond acceptors (Lipinski definition) is 2. The Morgan fingerprint density at radius 2 is 2.05 bits per heavy atom. The summed E-state index contributed by atoms with van der Waals surface area (Å²) < 4.78 is 0. The van der Waals surface area contributed by atoms with Crippen LogP contribution in [0.4, 0.5) is 0 Å². The van der Waals surface area contributed by atoms with E-state index in [1.165, 1.54) is 18.4 Å². The molecule has 0 unspecified atom stereocenters. The maximum atomic E-state index is 10.3. The summed E-state index contributed by atoms with van der Waals surface area (Å²) in [5.74, 6) is 1.01. The summed E-state index contributed by atoms with van der Waals surface area (Å²) in [7, 11) is 0. The first kappa shape index (κ1) is 17.7. The van der Waals surface area contributed by atoms with Crippen LogP contribution in [0.1, 0.15) is 65.7 Å². The van der Waals surface area contributed by atoms with Gasteiger partial charge in [-0.25, -0.2) is 0 Å². The molecule has 2 aliphatic rings. The number of rotatable bonds is 5. The van der Waals surface area contributed by atoms with Gasteiger partial charge in [-0.15, -0.1) is 6.58 Å². The quantitative estimate of drug-likeness (QED) is 0.735. The van der Waals surface area contributed by atoms with Crippen molar-refractivity contribution in [2.75, 3.05) is 6.61 Å². The Kier molecular flexibility index (Phi) is 4.94. The van der Waals surface area contributed by atoms with Gasteiger partial charge in [0.25, 0.3) is 0 Å². The van der Waals surface area contributed by atoms with Crippen molar-refractivity contribution in [3.8, 4) is 0 Å². The topological polar surface area (TPSA) is 40.5 Å². The van der Waals surface area contributed by atoms with Gasteiger partial charge in [0.2, 0.25) is 0 Å². The fourth-order valence-corrected chi connectivity index (χ4v) is 5.34. The van der Waals surface area contributed by atoms with Gasteiger partial charge >= 0.3 is 0 Å². The lowest BCUT2D eigenvalue weighted by Crippen LogP contribution is -2.52. The monoisotopic (exact) mass is 306 g/mol. The van der Waals surface area contributed by atoms with E-state index in [9.17, 15) is 10.2 Å². The molecule has 0 amide bonds. The van der Waals surface area contributed by atoms with Gasteiger partial charge in [0.1, 0.15) is 0 Å². The van der Waals surface area contributed by atoms with Gasteiger partial charge in [0.05, 0.1) is 5.60 Å². The van der Waals surface area contributed by atoms with Crippen LogP contribution < -0.4 is 0 Å². The van der Waals surface area contributed by atoms with Crippen LogP contribution in [0.3, 0.4) is 0 Å². The molecular formula is C20H34O2. The van der Waals surface area contributed by atoms with Crippen molar-refractivity contribution in [1.82, 2.24) is 0 Å². The average molecular weight is 306 g/mol. The maximum Gasteiger partial charge on any atom is 0.0797 e. The van der Waals surface area contributed by atoms with Crippen LogP contribution in [-0.2, 0) is 0 Å². The molecule has 22 heavy (non-hydrogen) atoms. The third-order valence-electron chi connectivity index (χ3n) is 6.88. The lowest BCUT2D eigenvalue weighted by Gasteiger charge is -2.58. The summed E-state index contributed by atoms with van der Waals surface area (Å²) >= 11 is 0. The zero-order chi connectivity index (χ0) is 16.6. The lowest BCUT2D eigenvalue weighted by molar-refractivity contribution is -0.0885. The molecule has 0 aromatic carbocycles. The Bertz CT molecular complexity index is 439. The molecule has 5 atom stereocenters. The van der Waals surface area contributed by atoms with Gasteiger partial charge < -0.3 is 10.2 Å². The molecule has 0 spiro atoms. The van der Waals surface area contributed by atoms with Crippen LogP contribution in [0.5, 0.6) is 0 Å². The van der Waals surface area contributed by atoms with Crippen molar-refractivity contribution in [3.63, 3.8) is 0 Å². The third kappa shape index (κ3) is 3.05. The second-order valence-electron chi connectivity index (χ2n) is 8.57. The Hall–Kier alpha value is -0.600.